The average Bonchev–Trinajstić information content (AvgIpc) is 3.28. The van der Waals surface area contributed by atoms with E-state index >= 15 is 0 Å². The zero-order chi connectivity index (χ0) is 22.8. The second kappa shape index (κ2) is 8.55. The second-order valence-electron chi connectivity index (χ2n) is 7.93. The number of allylic oxidation sites excluding steroid dienone is 1. The van der Waals surface area contributed by atoms with Crippen molar-refractivity contribution in [1.29, 1.82) is 10.5 Å². The molecule has 0 bridgehead atoms. The number of anilines is 1. The van der Waals surface area contributed by atoms with E-state index in [4.69, 9.17) is 5.73 Å². The number of aryl methyl sites for hydroxylation is 2. The highest BCUT2D eigenvalue weighted by molar-refractivity contribution is 6.11. The van der Waals surface area contributed by atoms with Crippen LogP contribution in [0.2, 0.25) is 0 Å². The molecule has 0 spiro atoms. The Morgan fingerprint density at radius 3 is 2.31 bits per heavy atom. The van der Waals surface area contributed by atoms with Gasteiger partial charge in [0.05, 0.1) is 23.0 Å². The van der Waals surface area contributed by atoms with E-state index in [1.807, 2.05) is 50.2 Å². The van der Waals surface area contributed by atoms with Crippen molar-refractivity contribution in [2.75, 3.05) is 5.01 Å². The van der Waals surface area contributed by atoms with Crippen LogP contribution < -0.4 is 10.7 Å². The lowest BCUT2D eigenvalue weighted by atomic mass is 9.95. The van der Waals surface area contributed by atoms with Gasteiger partial charge in [-0.15, -0.1) is 0 Å². The first-order chi connectivity index (χ1) is 15.4. The van der Waals surface area contributed by atoms with Crippen LogP contribution in [0.15, 0.2) is 71.3 Å². The van der Waals surface area contributed by atoms with Gasteiger partial charge in [-0.05, 0) is 62.7 Å². The maximum atomic E-state index is 9.94. The molecule has 158 valence electrons. The summed E-state index contributed by atoms with van der Waals surface area (Å²) < 4.78 is 2.15. The third kappa shape index (κ3) is 3.69. The van der Waals surface area contributed by atoms with E-state index in [1.165, 1.54) is 5.56 Å². The zero-order valence-electron chi connectivity index (χ0n) is 18.3. The number of aromatic nitrogens is 1. The first kappa shape index (κ1) is 21.1. The van der Waals surface area contributed by atoms with Crippen LogP contribution in [0.1, 0.15) is 22.5 Å². The van der Waals surface area contributed by atoms with Crippen LogP contribution in [-0.4, -0.2) is 16.4 Å². The molecule has 2 aromatic carbocycles. The van der Waals surface area contributed by atoms with E-state index in [0.717, 1.165) is 28.3 Å². The van der Waals surface area contributed by atoms with Crippen molar-refractivity contribution in [3.8, 4) is 17.8 Å². The number of hydrogen-bond acceptors (Lipinski definition) is 5. The smallest absolute Gasteiger partial charge is 0.127 e. The Hall–Kier alpha value is -4.13. The normalized spacial score (nSPS) is 18.2. The summed E-state index contributed by atoms with van der Waals surface area (Å²) in [5, 5.41) is 25.9. The van der Waals surface area contributed by atoms with Crippen LogP contribution in [0, 0.1) is 49.4 Å². The molecule has 6 nitrogen and oxygen atoms in total. The number of hydrogen-bond donors (Lipinski definition) is 1. The van der Waals surface area contributed by atoms with Crippen molar-refractivity contribution in [1.82, 2.24) is 4.57 Å². The van der Waals surface area contributed by atoms with Gasteiger partial charge in [-0.25, -0.2) is 5.01 Å². The highest BCUT2D eigenvalue weighted by Crippen LogP contribution is 2.30. The summed E-state index contributed by atoms with van der Waals surface area (Å²) in [5.74, 6) is -0.707. The predicted molar refractivity (Wildman–Crippen MR) is 127 cm³/mol. The van der Waals surface area contributed by atoms with Gasteiger partial charge in [0.1, 0.15) is 18.2 Å². The molecule has 1 aromatic heterocycles. The Balaban J connectivity index is 1.76. The standard InChI is InChI=1S/C26H24N6/c1-17-9-11-22(12-10-17)31-18(2)13-20(19(31)3)14-21(15-27)25-24(16-28)26(29)32(30-25)23-7-5-4-6-8-23/h4-14,24,26H,29H2,1-3H3/b21-14-/t24-,26+/m0/s1. The molecule has 0 saturated carbocycles. The number of nitrogens with zero attached hydrogens (tertiary/aromatic N) is 5. The van der Waals surface area contributed by atoms with Crippen LogP contribution in [0.25, 0.3) is 11.8 Å². The van der Waals surface area contributed by atoms with Crippen LogP contribution in [0.4, 0.5) is 5.69 Å². The summed E-state index contributed by atoms with van der Waals surface area (Å²) in [7, 11) is 0. The monoisotopic (exact) mass is 420 g/mol. The van der Waals surface area contributed by atoms with E-state index in [9.17, 15) is 10.5 Å². The number of rotatable bonds is 4. The van der Waals surface area contributed by atoms with Gasteiger partial charge >= 0.3 is 0 Å². The Bertz CT molecular complexity index is 1280. The minimum atomic E-state index is -0.707. The lowest BCUT2D eigenvalue weighted by Gasteiger charge is -2.21. The third-order valence-electron chi connectivity index (χ3n) is 5.75. The molecule has 32 heavy (non-hydrogen) atoms. The van der Waals surface area contributed by atoms with Crippen molar-refractivity contribution in [3.05, 3.63) is 88.8 Å². The van der Waals surface area contributed by atoms with Gasteiger partial charge in [0.25, 0.3) is 0 Å². The summed E-state index contributed by atoms with van der Waals surface area (Å²) in [6.45, 7) is 6.12. The molecule has 0 fully saturated rings. The maximum absolute atomic E-state index is 9.94. The fourth-order valence-corrected chi connectivity index (χ4v) is 4.06. The van der Waals surface area contributed by atoms with Crippen LogP contribution in [-0.2, 0) is 0 Å². The number of benzene rings is 2. The second-order valence-corrected chi connectivity index (χ2v) is 7.93. The van der Waals surface area contributed by atoms with Crippen molar-refractivity contribution >= 4 is 17.5 Å². The highest BCUT2D eigenvalue weighted by atomic mass is 15.5. The molecule has 1 aliphatic heterocycles. The fraction of sp³-hybridized carbons (Fsp3) is 0.192. The van der Waals surface area contributed by atoms with Crippen LogP contribution in [0.3, 0.4) is 0 Å². The van der Waals surface area contributed by atoms with Crippen molar-refractivity contribution < 1.29 is 0 Å². The van der Waals surface area contributed by atoms with Gasteiger partial charge in [-0.3, -0.25) is 0 Å². The number of nitrogens with two attached hydrogens (primary N) is 1. The number of hydrazone groups is 1. The summed E-state index contributed by atoms with van der Waals surface area (Å²) in [6.07, 6.45) is 1.14. The molecule has 6 heteroatoms. The Morgan fingerprint density at radius 1 is 1.00 bits per heavy atom. The summed E-state index contributed by atoms with van der Waals surface area (Å²) >= 11 is 0. The zero-order valence-corrected chi connectivity index (χ0v) is 18.3. The first-order valence-electron chi connectivity index (χ1n) is 10.4. The quantitative estimate of drug-likeness (QED) is 0.624. The van der Waals surface area contributed by atoms with Gasteiger partial charge in [-0.2, -0.15) is 15.6 Å². The predicted octanol–water partition coefficient (Wildman–Crippen LogP) is 4.61. The molecular formula is C26H24N6. The molecule has 2 heterocycles. The summed E-state index contributed by atoms with van der Waals surface area (Å²) in [4.78, 5) is 0. The highest BCUT2D eigenvalue weighted by Gasteiger charge is 2.37. The molecule has 0 aliphatic carbocycles. The van der Waals surface area contributed by atoms with Gasteiger partial charge in [0.2, 0.25) is 0 Å². The van der Waals surface area contributed by atoms with Gasteiger partial charge in [0.15, 0.2) is 0 Å². The first-order valence-corrected chi connectivity index (χ1v) is 10.4. The molecule has 0 radical (unpaired) electrons. The Labute approximate surface area is 188 Å². The summed E-state index contributed by atoms with van der Waals surface area (Å²) in [6, 6.07) is 24.3. The van der Waals surface area contributed by atoms with E-state index in [-0.39, 0.29) is 0 Å². The lowest BCUT2D eigenvalue weighted by Crippen LogP contribution is -2.40. The molecule has 2 atom stereocenters. The average molecular weight is 421 g/mol. The summed E-state index contributed by atoms with van der Waals surface area (Å²) in [5.41, 5.74) is 13.1. The number of para-hydroxylation sites is 1. The van der Waals surface area contributed by atoms with Gasteiger partial charge in [0, 0.05) is 17.1 Å². The molecule has 4 rings (SSSR count). The minimum absolute atomic E-state index is 0.342. The van der Waals surface area contributed by atoms with Crippen LogP contribution in [0.5, 0.6) is 0 Å². The largest absolute Gasteiger partial charge is 0.318 e. The lowest BCUT2D eigenvalue weighted by molar-refractivity contribution is 0.624. The SMILES string of the molecule is Cc1ccc(-n2c(C)cc(/C=C(/C#N)C3=NN(c4ccccc4)[C@@H](N)[C@H]3C#N)c2C)cc1. The Kier molecular flexibility index (Phi) is 5.64. The Morgan fingerprint density at radius 2 is 1.69 bits per heavy atom. The third-order valence-corrected chi connectivity index (χ3v) is 5.75. The van der Waals surface area contributed by atoms with E-state index < -0.39 is 12.1 Å². The van der Waals surface area contributed by atoms with Crippen molar-refractivity contribution in [3.63, 3.8) is 0 Å². The molecule has 1 aliphatic rings. The fourth-order valence-electron chi connectivity index (χ4n) is 4.06. The topological polar surface area (TPSA) is 94.1 Å². The van der Waals surface area contributed by atoms with Crippen molar-refractivity contribution in [2.45, 2.75) is 26.9 Å². The molecular weight excluding hydrogens is 396 g/mol. The van der Waals surface area contributed by atoms with Gasteiger partial charge in [-0.1, -0.05) is 35.9 Å². The van der Waals surface area contributed by atoms with E-state index in [2.05, 4.69) is 53.0 Å². The van der Waals surface area contributed by atoms with E-state index in [1.54, 1.807) is 11.1 Å². The van der Waals surface area contributed by atoms with Crippen molar-refractivity contribution in [2.24, 2.45) is 16.8 Å². The van der Waals surface area contributed by atoms with Crippen LogP contribution >= 0.6 is 0 Å². The molecule has 3 aromatic rings. The maximum Gasteiger partial charge on any atom is 0.127 e. The molecule has 2 N–H and O–H groups in total. The number of nitriles is 2. The molecule has 0 saturated heterocycles. The van der Waals surface area contributed by atoms with Gasteiger partial charge < -0.3 is 10.3 Å². The molecule has 0 unspecified atom stereocenters. The minimum Gasteiger partial charge on any atom is -0.318 e. The molecule has 0 amide bonds. The van der Waals surface area contributed by atoms with E-state index in [0.29, 0.717) is 11.3 Å².